The number of rotatable bonds is 6. The minimum absolute atomic E-state index is 0.0669. The molecule has 164 valence electrons. The molecule has 1 fully saturated rings. The van der Waals surface area contributed by atoms with E-state index >= 15 is 0 Å². The van der Waals surface area contributed by atoms with E-state index in [4.69, 9.17) is 9.47 Å². The van der Waals surface area contributed by atoms with Gasteiger partial charge in [0.15, 0.2) is 11.5 Å². The second-order valence-corrected chi connectivity index (χ2v) is 8.15. The van der Waals surface area contributed by atoms with Crippen LogP contribution < -0.4 is 24.6 Å². The molecule has 2 amide bonds. The fraction of sp³-hybridized carbons (Fsp3) is 0.417. The van der Waals surface area contributed by atoms with Crippen molar-refractivity contribution in [3.8, 4) is 11.5 Å². The molecule has 1 atom stereocenters. The molecule has 1 N–H and O–H groups in total. The van der Waals surface area contributed by atoms with E-state index in [0.29, 0.717) is 37.3 Å². The van der Waals surface area contributed by atoms with E-state index in [2.05, 4.69) is 31.0 Å². The first-order valence-corrected chi connectivity index (χ1v) is 10.8. The van der Waals surface area contributed by atoms with E-state index in [9.17, 15) is 9.59 Å². The van der Waals surface area contributed by atoms with E-state index in [-0.39, 0.29) is 18.2 Å². The van der Waals surface area contributed by atoms with E-state index in [0.717, 1.165) is 23.6 Å². The first-order valence-electron chi connectivity index (χ1n) is 10.8. The van der Waals surface area contributed by atoms with Crippen LogP contribution in [-0.2, 0) is 9.59 Å². The van der Waals surface area contributed by atoms with Crippen LogP contribution in [0.15, 0.2) is 42.5 Å². The highest BCUT2D eigenvalue weighted by atomic mass is 16.6. The van der Waals surface area contributed by atoms with Crippen LogP contribution in [0.1, 0.15) is 27.2 Å². The smallest absolute Gasteiger partial charge is 0.229 e. The maximum Gasteiger partial charge on any atom is 0.229 e. The average molecular weight is 424 g/mol. The van der Waals surface area contributed by atoms with E-state index in [1.54, 1.807) is 11.0 Å². The van der Waals surface area contributed by atoms with Crippen LogP contribution in [0.5, 0.6) is 11.5 Å². The third-order valence-electron chi connectivity index (χ3n) is 5.76. The van der Waals surface area contributed by atoms with Crippen molar-refractivity contribution < 1.29 is 19.1 Å². The van der Waals surface area contributed by atoms with Crippen LogP contribution in [0.2, 0.25) is 0 Å². The molecule has 0 radical (unpaired) electrons. The zero-order chi connectivity index (χ0) is 22.0. The van der Waals surface area contributed by atoms with Gasteiger partial charge in [-0.15, -0.1) is 0 Å². The van der Waals surface area contributed by atoms with Gasteiger partial charge in [0.1, 0.15) is 13.2 Å². The number of carbonyl (C=O) groups is 2. The Balaban J connectivity index is 1.40. The van der Waals surface area contributed by atoms with Crippen molar-refractivity contribution in [1.29, 1.82) is 0 Å². The molecule has 1 saturated heterocycles. The molecule has 7 nitrogen and oxygen atoms in total. The quantitative estimate of drug-likeness (QED) is 0.767. The summed E-state index contributed by atoms with van der Waals surface area (Å²) < 4.78 is 11.2. The summed E-state index contributed by atoms with van der Waals surface area (Å²) in [5, 5.41) is 2.96. The number of nitrogens with one attached hydrogen (secondary N) is 1. The minimum Gasteiger partial charge on any atom is -0.486 e. The number of fused-ring (bicyclic) bond motifs is 1. The Bertz CT molecular complexity index is 958. The van der Waals surface area contributed by atoms with Crippen molar-refractivity contribution in [2.24, 2.45) is 5.92 Å². The average Bonchev–Trinajstić information content (AvgIpc) is 3.16. The van der Waals surface area contributed by atoms with Crippen LogP contribution in [0.4, 0.5) is 17.1 Å². The van der Waals surface area contributed by atoms with Gasteiger partial charge < -0.3 is 24.6 Å². The summed E-state index contributed by atoms with van der Waals surface area (Å²) in [5.41, 5.74) is 2.58. The summed E-state index contributed by atoms with van der Waals surface area (Å²) in [5.74, 6) is 0.703. The topological polar surface area (TPSA) is 71.1 Å². The summed E-state index contributed by atoms with van der Waals surface area (Å²) in [6.07, 6.45) is 0.190. The number of nitrogens with zero attached hydrogens (tertiary/aromatic N) is 2. The Labute approximate surface area is 182 Å². The SMILES string of the molecule is CCN(c1ccc(NC(=O)[C@@H]2CC(=O)N(c3ccc4c(c3)OCCO4)C2)cc1)C(C)C. The molecule has 2 aromatic rings. The van der Waals surface area contributed by atoms with E-state index < -0.39 is 5.92 Å². The molecular formula is C24H29N3O4. The lowest BCUT2D eigenvalue weighted by atomic mass is 10.1. The van der Waals surface area contributed by atoms with Gasteiger partial charge in [0, 0.05) is 48.7 Å². The normalized spacial score (nSPS) is 17.7. The third-order valence-corrected chi connectivity index (χ3v) is 5.76. The van der Waals surface area contributed by atoms with E-state index in [1.165, 1.54) is 0 Å². The van der Waals surface area contributed by atoms with Crippen LogP contribution in [0.25, 0.3) is 0 Å². The second-order valence-electron chi connectivity index (χ2n) is 8.15. The number of anilines is 3. The van der Waals surface area contributed by atoms with Crippen molar-refractivity contribution in [2.45, 2.75) is 33.2 Å². The lowest BCUT2D eigenvalue weighted by Gasteiger charge is -2.27. The summed E-state index contributed by atoms with van der Waals surface area (Å²) in [6.45, 7) is 8.71. The van der Waals surface area contributed by atoms with Crippen molar-refractivity contribution in [3.63, 3.8) is 0 Å². The molecule has 2 aliphatic rings. The number of amides is 2. The van der Waals surface area contributed by atoms with Crippen LogP contribution in [0, 0.1) is 5.92 Å². The maximum absolute atomic E-state index is 12.8. The summed E-state index contributed by atoms with van der Waals surface area (Å²) in [4.78, 5) is 29.3. The monoisotopic (exact) mass is 423 g/mol. The van der Waals surface area contributed by atoms with Crippen molar-refractivity contribution in [3.05, 3.63) is 42.5 Å². The Morgan fingerprint density at radius 3 is 2.52 bits per heavy atom. The first-order chi connectivity index (χ1) is 15.0. The van der Waals surface area contributed by atoms with Gasteiger partial charge >= 0.3 is 0 Å². The number of ether oxygens (including phenoxy) is 2. The fourth-order valence-corrected chi connectivity index (χ4v) is 4.16. The highest BCUT2D eigenvalue weighted by molar-refractivity contribution is 6.03. The molecule has 2 aliphatic heterocycles. The lowest BCUT2D eigenvalue weighted by molar-refractivity contribution is -0.122. The third kappa shape index (κ3) is 4.45. The van der Waals surface area contributed by atoms with Gasteiger partial charge in [0.2, 0.25) is 11.8 Å². The van der Waals surface area contributed by atoms with Gasteiger partial charge in [0.25, 0.3) is 0 Å². The minimum atomic E-state index is -0.400. The largest absolute Gasteiger partial charge is 0.486 e. The highest BCUT2D eigenvalue weighted by Gasteiger charge is 2.35. The molecule has 4 rings (SSSR count). The fourth-order valence-electron chi connectivity index (χ4n) is 4.16. The maximum atomic E-state index is 12.8. The predicted octanol–water partition coefficient (Wildman–Crippen LogP) is 3.68. The highest BCUT2D eigenvalue weighted by Crippen LogP contribution is 2.36. The van der Waals surface area contributed by atoms with Gasteiger partial charge in [-0.05, 0) is 57.2 Å². The Morgan fingerprint density at radius 2 is 1.84 bits per heavy atom. The summed E-state index contributed by atoms with van der Waals surface area (Å²) in [6, 6.07) is 13.7. The molecule has 2 heterocycles. The number of benzene rings is 2. The molecule has 31 heavy (non-hydrogen) atoms. The van der Waals surface area contributed by atoms with Crippen LogP contribution in [-0.4, -0.2) is 44.2 Å². The van der Waals surface area contributed by atoms with Crippen molar-refractivity contribution >= 4 is 28.9 Å². The number of hydrogen-bond donors (Lipinski definition) is 1. The molecule has 0 aromatic heterocycles. The molecule has 0 saturated carbocycles. The molecule has 0 bridgehead atoms. The molecule has 0 spiro atoms. The predicted molar refractivity (Wildman–Crippen MR) is 121 cm³/mol. The zero-order valence-corrected chi connectivity index (χ0v) is 18.3. The summed E-state index contributed by atoms with van der Waals surface area (Å²) in [7, 11) is 0. The molecule has 0 unspecified atom stereocenters. The molecule has 0 aliphatic carbocycles. The molecule has 7 heteroatoms. The van der Waals surface area contributed by atoms with Gasteiger partial charge in [0.05, 0.1) is 5.92 Å². The van der Waals surface area contributed by atoms with Crippen molar-refractivity contribution in [1.82, 2.24) is 0 Å². The molecule has 2 aromatic carbocycles. The number of carbonyl (C=O) groups excluding carboxylic acids is 2. The van der Waals surface area contributed by atoms with Gasteiger partial charge in [-0.1, -0.05) is 0 Å². The van der Waals surface area contributed by atoms with Gasteiger partial charge in [-0.2, -0.15) is 0 Å². The van der Waals surface area contributed by atoms with Crippen LogP contribution in [0.3, 0.4) is 0 Å². The van der Waals surface area contributed by atoms with Gasteiger partial charge in [-0.3, -0.25) is 9.59 Å². The Kier molecular flexibility index (Phi) is 6.02. The van der Waals surface area contributed by atoms with Gasteiger partial charge in [-0.25, -0.2) is 0 Å². The summed E-state index contributed by atoms with van der Waals surface area (Å²) >= 11 is 0. The standard InChI is InChI=1S/C24H29N3O4/c1-4-26(16(2)3)19-7-5-18(6-8-19)25-24(29)17-13-23(28)27(15-17)20-9-10-21-22(14-20)31-12-11-30-21/h5-10,14,16-17H,4,11-13,15H2,1-3H3,(H,25,29)/t17-/m1/s1. The Morgan fingerprint density at radius 1 is 1.13 bits per heavy atom. The van der Waals surface area contributed by atoms with Crippen LogP contribution >= 0.6 is 0 Å². The number of hydrogen-bond acceptors (Lipinski definition) is 5. The van der Waals surface area contributed by atoms with Crippen molar-refractivity contribution in [2.75, 3.05) is 41.4 Å². The van der Waals surface area contributed by atoms with E-state index in [1.807, 2.05) is 36.4 Å². The first kappa shape index (κ1) is 21.0. The zero-order valence-electron chi connectivity index (χ0n) is 18.3. The second kappa shape index (κ2) is 8.88. The lowest BCUT2D eigenvalue weighted by Crippen LogP contribution is -2.30. The Hall–Kier alpha value is -3.22. The molecular weight excluding hydrogens is 394 g/mol.